The third-order valence-corrected chi connectivity index (χ3v) is 2.70. The van der Waals surface area contributed by atoms with E-state index in [2.05, 4.69) is 34.5 Å². The van der Waals surface area contributed by atoms with Crippen molar-refractivity contribution in [1.29, 1.82) is 0 Å². The molecule has 4 nitrogen and oxygen atoms in total. The Morgan fingerprint density at radius 3 is 2.65 bits per heavy atom. The van der Waals surface area contributed by atoms with E-state index in [1.165, 1.54) is 10.8 Å². The minimum Gasteiger partial charge on any atom is -0.408 e. The largest absolute Gasteiger partial charge is 0.408 e. The lowest BCUT2D eigenvalue weighted by atomic mass is 10.0. The minimum absolute atomic E-state index is 0.111. The van der Waals surface area contributed by atoms with Crippen molar-refractivity contribution in [3.63, 3.8) is 0 Å². The number of nitrogen functional groups attached to an aromatic ring is 1. The molecule has 0 spiro atoms. The number of aromatic nitrogens is 2. The second-order valence-electron chi connectivity index (χ2n) is 3.85. The summed E-state index contributed by atoms with van der Waals surface area (Å²) in [5.41, 5.74) is 6.56. The van der Waals surface area contributed by atoms with E-state index < -0.39 is 0 Å². The summed E-state index contributed by atoms with van der Waals surface area (Å²) in [5.74, 6) is 0.541. The summed E-state index contributed by atoms with van der Waals surface area (Å²) in [7, 11) is 0. The molecule has 0 fully saturated rings. The van der Waals surface area contributed by atoms with Gasteiger partial charge in [-0.2, -0.15) is 0 Å². The maximum Gasteiger partial charge on any atom is 0.312 e. The van der Waals surface area contributed by atoms with E-state index in [9.17, 15) is 0 Å². The summed E-state index contributed by atoms with van der Waals surface area (Å²) < 4.78 is 5.19. The van der Waals surface area contributed by atoms with Crippen molar-refractivity contribution in [1.82, 2.24) is 10.2 Å². The van der Waals surface area contributed by atoms with Crippen LogP contribution in [0.4, 0.5) is 6.01 Å². The van der Waals surface area contributed by atoms with Crippen LogP contribution in [0.5, 0.6) is 0 Å². The van der Waals surface area contributed by atoms with Crippen LogP contribution < -0.4 is 5.73 Å². The van der Waals surface area contributed by atoms with Gasteiger partial charge < -0.3 is 10.2 Å². The maximum absolute atomic E-state index is 5.40. The van der Waals surface area contributed by atoms with Crippen LogP contribution in [0.15, 0.2) is 46.9 Å². The Hall–Kier alpha value is -2.36. The number of benzene rings is 2. The standard InChI is InChI=1S/C13H11N3O/c14-13-16-15-12(17-13)8-10-6-3-5-9-4-1-2-7-11(9)10/h1-7H,8H2,(H2,14,16). The first-order chi connectivity index (χ1) is 8.33. The summed E-state index contributed by atoms with van der Waals surface area (Å²) in [6.45, 7) is 0. The molecule has 0 saturated carbocycles. The van der Waals surface area contributed by atoms with Gasteiger partial charge in [-0.3, -0.25) is 0 Å². The van der Waals surface area contributed by atoms with Crippen LogP contribution >= 0.6 is 0 Å². The van der Waals surface area contributed by atoms with Crippen molar-refractivity contribution in [2.24, 2.45) is 0 Å². The Morgan fingerprint density at radius 2 is 1.82 bits per heavy atom. The molecule has 0 atom stereocenters. The summed E-state index contributed by atoms with van der Waals surface area (Å²) >= 11 is 0. The molecule has 0 saturated heterocycles. The highest BCUT2D eigenvalue weighted by Gasteiger charge is 2.06. The van der Waals surface area contributed by atoms with Crippen molar-refractivity contribution in [3.05, 3.63) is 53.9 Å². The number of anilines is 1. The first kappa shape index (κ1) is 9.84. The highest BCUT2D eigenvalue weighted by molar-refractivity contribution is 5.85. The maximum atomic E-state index is 5.40. The molecule has 0 radical (unpaired) electrons. The molecule has 0 aliphatic rings. The normalized spacial score (nSPS) is 10.8. The number of hydrogen-bond acceptors (Lipinski definition) is 4. The molecule has 0 aliphatic heterocycles. The van der Waals surface area contributed by atoms with Gasteiger partial charge in [0.15, 0.2) is 0 Å². The van der Waals surface area contributed by atoms with Crippen LogP contribution in [0.25, 0.3) is 10.8 Å². The molecule has 0 unspecified atom stereocenters. The SMILES string of the molecule is Nc1nnc(Cc2cccc3ccccc23)o1. The van der Waals surface area contributed by atoms with Gasteiger partial charge >= 0.3 is 6.01 Å². The quantitative estimate of drug-likeness (QED) is 0.727. The van der Waals surface area contributed by atoms with Gasteiger partial charge in [0.1, 0.15) is 0 Å². The van der Waals surface area contributed by atoms with Gasteiger partial charge in [0.2, 0.25) is 5.89 Å². The lowest BCUT2D eigenvalue weighted by Gasteiger charge is -2.03. The summed E-state index contributed by atoms with van der Waals surface area (Å²) in [4.78, 5) is 0. The van der Waals surface area contributed by atoms with E-state index in [0.717, 1.165) is 5.56 Å². The molecule has 3 rings (SSSR count). The first-order valence-electron chi connectivity index (χ1n) is 5.37. The van der Waals surface area contributed by atoms with Crippen LogP contribution in [-0.4, -0.2) is 10.2 Å². The Bertz CT molecular complexity index is 655. The highest BCUT2D eigenvalue weighted by Crippen LogP contribution is 2.20. The number of nitrogens with zero attached hydrogens (tertiary/aromatic N) is 2. The van der Waals surface area contributed by atoms with Crippen LogP contribution in [0.3, 0.4) is 0 Å². The fourth-order valence-corrected chi connectivity index (χ4v) is 1.95. The zero-order valence-corrected chi connectivity index (χ0v) is 9.13. The van der Waals surface area contributed by atoms with Crippen molar-refractivity contribution in [2.45, 2.75) is 6.42 Å². The average Bonchev–Trinajstić information content (AvgIpc) is 2.75. The smallest absolute Gasteiger partial charge is 0.312 e. The van der Waals surface area contributed by atoms with Gasteiger partial charge in [-0.15, -0.1) is 5.10 Å². The molecular weight excluding hydrogens is 214 g/mol. The predicted octanol–water partition coefficient (Wildman–Crippen LogP) is 2.40. The molecule has 0 bridgehead atoms. The highest BCUT2D eigenvalue weighted by atomic mass is 16.4. The number of rotatable bonds is 2. The van der Waals surface area contributed by atoms with Crippen LogP contribution in [0, 0.1) is 0 Å². The van der Waals surface area contributed by atoms with Gasteiger partial charge in [0.25, 0.3) is 0 Å². The summed E-state index contributed by atoms with van der Waals surface area (Å²) in [6, 6.07) is 14.5. The first-order valence-corrected chi connectivity index (χ1v) is 5.37. The van der Waals surface area contributed by atoms with Crippen LogP contribution in [0.2, 0.25) is 0 Å². The number of nitrogens with two attached hydrogens (primary N) is 1. The molecule has 4 heteroatoms. The fourth-order valence-electron chi connectivity index (χ4n) is 1.95. The molecule has 3 aromatic rings. The molecule has 2 N–H and O–H groups in total. The molecule has 0 aliphatic carbocycles. The van der Waals surface area contributed by atoms with Crippen LogP contribution in [0.1, 0.15) is 11.5 Å². The van der Waals surface area contributed by atoms with E-state index in [1.54, 1.807) is 0 Å². The molecule has 1 heterocycles. The zero-order valence-electron chi connectivity index (χ0n) is 9.13. The van der Waals surface area contributed by atoms with E-state index in [4.69, 9.17) is 10.2 Å². The van der Waals surface area contributed by atoms with Gasteiger partial charge in [0.05, 0.1) is 6.42 Å². The Labute approximate surface area is 98.1 Å². The molecule has 0 amide bonds. The minimum atomic E-state index is 0.111. The number of hydrogen-bond donors (Lipinski definition) is 1. The monoisotopic (exact) mass is 225 g/mol. The zero-order chi connectivity index (χ0) is 11.7. The lowest BCUT2D eigenvalue weighted by Crippen LogP contribution is -1.90. The second-order valence-corrected chi connectivity index (χ2v) is 3.85. The topological polar surface area (TPSA) is 64.9 Å². The Kier molecular flexibility index (Phi) is 2.26. The summed E-state index contributed by atoms with van der Waals surface area (Å²) in [6.07, 6.45) is 0.603. The van der Waals surface area contributed by atoms with Crippen molar-refractivity contribution < 1.29 is 4.42 Å². The van der Waals surface area contributed by atoms with E-state index in [1.807, 2.05) is 18.2 Å². The average molecular weight is 225 g/mol. The van der Waals surface area contributed by atoms with Crippen molar-refractivity contribution >= 4 is 16.8 Å². The third-order valence-electron chi connectivity index (χ3n) is 2.70. The lowest BCUT2D eigenvalue weighted by molar-refractivity contribution is 0.523. The number of fused-ring (bicyclic) bond motifs is 1. The van der Waals surface area contributed by atoms with E-state index in [-0.39, 0.29) is 6.01 Å². The third kappa shape index (κ3) is 1.85. The van der Waals surface area contributed by atoms with Gasteiger partial charge in [-0.1, -0.05) is 47.6 Å². The summed E-state index contributed by atoms with van der Waals surface area (Å²) in [5, 5.41) is 9.94. The van der Waals surface area contributed by atoms with Crippen LogP contribution in [-0.2, 0) is 6.42 Å². The van der Waals surface area contributed by atoms with Gasteiger partial charge in [-0.25, -0.2) is 0 Å². The van der Waals surface area contributed by atoms with E-state index >= 15 is 0 Å². The van der Waals surface area contributed by atoms with E-state index in [0.29, 0.717) is 12.3 Å². The van der Waals surface area contributed by atoms with Gasteiger partial charge in [0, 0.05) is 0 Å². The molecular formula is C13H11N3O. The molecule has 84 valence electrons. The molecule has 1 aromatic heterocycles. The molecule has 2 aromatic carbocycles. The van der Waals surface area contributed by atoms with Crippen molar-refractivity contribution in [3.8, 4) is 0 Å². The Morgan fingerprint density at radius 1 is 1.00 bits per heavy atom. The second kappa shape index (κ2) is 3.90. The molecule has 17 heavy (non-hydrogen) atoms. The van der Waals surface area contributed by atoms with Gasteiger partial charge in [-0.05, 0) is 16.3 Å². The predicted molar refractivity (Wildman–Crippen MR) is 65.5 cm³/mol. The van der Waals surface area contributed by atoms with Crippen molar-refractivity contribution in [2.75, 3.05) is 5.73 Å². The Balaban J connectivity index is 2.05. The fraction of sp³-hybridized carbons (Fsp3) is 0.0769.